The molecule has 0 amide bonds. The number of methoxy groups -OCH3 is 1. The lowest BCUT2D eigenvalue weighted by Gasteiger charge is -2.03. The second-order valence-electron chi connectivity index (χ2n) is 3.90. The van der Waals surface area contributed by atoms with Crippen LogP contribution in [0.1, 0.15) is 13.3 Å². The number of nitrogens with zero attached hydrogens (tertiary/aromatic N) is 4. The van der Waals surface area contributed by atoms with Gasteiger partial charge in [0, 0.05) is 6.21 Å². The molecule has 0 spiro atoms. The van der Waals surface area contributed by atoms with Crippen LogP contribution in [-0.2, 0) is 10.0 Å². The maximum atomic E-state index is 12.3. The highest BCUT2D eigenvalue weighted by molar-refractivity contribution is 7.88. The molecule has 0 radical (unpaired) electrons. The first-order chi connectivity index (χ1) is 10.1. The lowest BCUT2D eigenvalue weighted by atomic mass is 10.3. The standard InChI is InChI=1S/C12H14N4O3S2/c1-3-8-13-9-4-6-10(7-5-9)21(17,18)16-11-12(19-2)15-20-14-11/h4-8H,3H2,1-2H3,(H,14,16,17,18). The molecular weight excluding hydrogens is 312 g/mol. The topological polar surface area (TPSA) is 97.0 Å². The van der Waals surface area contributed by atoms with Gasteiger partial charge in [0.2, 0.25) is 5.82 Å². The van der Waals surface area contributed by atoms with Crippen molar-refractivity contribution >= 4 is 39.5 Å². The van der Waals surface area contributed by atoms with Crippen LogP contribution in [0.4, 0.5) is 11.5 Å². The summed E-state index contributed by atoms with van der Waals surface area (Å²) in [4.78, 5) is 4.35. The Hall–Kier alpha value is -1.84. The van der Waals surface area contributed by atoms with Gasteiger partial charge < -0.3 is 4.74 Å². The average Bonchev–Trinajstić information content (AvgIpc) is 2.92. The van der Waals surface area contributed by atoms with Gasteiger partial charge in [-0.25, -0.2) is 4.21 Å². The molecule has 2 aromatic rings. The molecule has 0 saturated carbocycles. The summed E-state index contributed by atoms with van der Waals surface area (Å²) in [5.41, 5.74) is 0.712. The van der Waals surface area contributed by atoms with E-state index in [0.717, 1.165) is 18.1 Å². The third-order valence-electron chi connectivity index (χ3n) is 2.41. The fourth-order valence-corrected chi connectivity index (χ4v) is 2.90. The van der Waals surface area contributed by atoms with Crippen LogP contribution in [0.25, 0.3) is 0 Å². The number of benzene rings is 1. The molecule has 0 aliphatic rings. The first kappa shape index (κ1) is 15.5. The minimum atomic E-state index is -3.61. The third kappa shape index (κ3) is 3.84. The van der Waals surface area contributed by atoms with Crippen molar-refractivity contribution in [1.29, 1.82) is 0 Å². The Morgan fingerprint density at radius 1 is 1.38 bits per heavy atom. The van der Waals surface area contributed by atoms with Crippen LogP contribution >= 0.6 is 11.7 Å². The number of ether oxygens (including phenoxy) is 1. The largest absolute Gasteiger partial charge is 0.478 e. The lowest BCUT2D eigenvalue weighted by molar-refractivity contribution is 0.403. The normalized spacial score (nSPS) is 14.0. The quantitative estimate of drug-likeness (QED) is 0.850. The Kier molecular flexibility index (Phi) is 4.99. The molecule has 1 N–H and O–H groups in total. The van der Waals surface area contributed by atoms with Gasteiger partial charge in [-0.1, -0.05) is 6.92 Å². The van der Waals surface area contributed by atoms with E-state index in [-0.39, 0.29) is 16.6 Å². The Bertz CT molecular complexity index is 746. The zero-order valence-electron chi connectivity index (χ0n) is 11.5. The van der Waals surface area contributed by atoms with E-state index in [2.05, 4.69) is 18.1 Å². The van der Waals surface area contributed by atoms with Crippen molar-refractivity contribution in [3.05, 3.63) is 24.3 Å². The summed E-state index contributed by atoms with van der Waals surface area (Å²) in [7, 11) is -2.21. The van der Waals surface area contributed by atoms with Gasteiger partial charge in [-0.3, -0.25) is 9.55 Å². The number of hydrogen-bond acceptors (Lipinski definition) is 7. The smallest absolute Gasteiger partial charge is 0.273 e. The van der Waals surface area contributed by atoms with Crippen LogP contribution in [0, 0.1) is 0 Å². The SMILES string of the molecule is CCC=Nc1ccc(S(=O)(O)=Nc2nsnc2OC)cc1. The van der Waals surface area contributed by atoms with E-state index in [4.69, 9.17) is 4.74 Å². The molecule has 7 nitrogen and oxygen atoms in total. The Morgan fingerprint density at radius 3 is 2.71 bits per heavy atom. The number of aromatic nitrogens is 2. The fourth-order valence-electron chi connectivity index (χ4n) is 1.44. The van der Waals surface area contributed by atoms with Crippen molar-refractivity contribution in [3.8, 4) is 5.88 Å². The number of hydrogen-bond donors (Lipinski definition) is 1. The van der Waals surface area contributed by atoms with Crippen molar-refractivity contribution < 1.29 is 13.5 Å². The van der Waals surface area contributed by atoms with Crippen molar-refractivity contribution in [2.24, 2.45) is 9.36 Å². The Labute approximate surface area is 127 Å². The van der Waals surface area contributed by atoms with E-state index in [1.807, 2.05) is 6.92 Å². The van der Waals surface area contributed by atoms with E-state index < -0.39 is 10.0 Å². The molecule has 112 valence electrons. The zero-order chi connectivity index (χ0) is 15.3. The molecule has 0 aliphatic heterocycles. The molecule has 1 aromatic carbocycles. The van der Waals surface area contributed by atoms with Crippen LogP contribution in [0.3, 0.4) is 0 Å². The first-order valence-corrected chi connectivity index (χ1v) is 8.25. The minimum absolute atomic E-state index is 0.0167. The molecule has 9 heteroatoms. The van der Waals surface area contributed by atoms with E-state index in [1.165, 1.54) is 19.2 Å². The molecule has 0 aliphatic carbocycles. The van der Waals surface area contributed by atoms with Crippen LogP contribution in [0.15, 0.2) is 38.5 Å². The van der Waals surface area contributed by atoms with Gasteiger partial charge in [0.25, 0.3) is 5.88 Å². The second-order valence-corrected chi connectivity index (χ2v) is 6.07. The first-order valence-electron chi connectivity index (χ1n) is 6.05. The summed E-state index contributed by atoms with van der Waals surface area (Å²) in [6.07, 6.45) is 2.59. The van der Waals surface area contributed by atoms with Gasteiger partial charge in [-0.05, 0) is 30.7 Å². The molecule has 2 rings (SSSR count). The summed E-state index contributed by atoms with van der Waals surface area (Å²) < 4.78 is 38.6. The monoisotopic (exact) mass is 326 g/mol. The molecule has 1 heterocycles. The van der Waals surface area contributed by atoms with Gasteiger partial charge in [0.05, 0.1) is 29.4 Å². The highest BCUT2D eigenvalue weighted by Crippen LogP contribution is 2.27. The maximum Gasteiger partial charge on any atom is 0.273 e. The minimum Gasteiger partial charge on any atom is -0.478 e. The van der Waals surface area contributed by atoms with Crippen LogP contribution in [0.2, 0.25) is 0 Å². The van der Waals surface area contributed by atoms with E-state index in [1.54, 1.807) is 18.3 Å². The predicted molar refractivity (Wildman–Crippen MR) is 82.5 cm³/mol. The Morgan fingerprint density at radius 2 is 2.10 bits per heavy atom. The molecule has 1 atom stereocenters. The van der Waals surface area contributed by atoms with Crippen molar-refractivity contribution in [3.63, 3.8) is 0 Å². The highest BCUT2D eigenvalue weighted by atomic mass is 32.2. The maximum absolute atomic E-state index is 12.3. The summed E-state index contributed by atoms with van der Waals surface area (Å²) in [6.45, 7) is 1.98. The third-order valence-corrected chi connectivity index (χ3v) is 4.22. The van der Waals surface area contributed by atoms with Crippen molar-refractivity contribution in [2.75, 3.05) is 7.11 Å². The summed E-state index contributed by atoms with van der Waals surface area (Å²) in [5.74, 6) is 0.147. The fraction of sp³-hybridized carbons (Fsp3) is 0.250. The Balaban J connectivity index is 2.35. The second kappa shape index (κ2) is 6.74. The van der Waals surface area contributed by atoms with Gasteiger partial charge in [0.15, 0.2) is 10.0 Å². The molecule has 0 bridgehead atoms. The van der Waals surface area contributed by atoms with E-state index in [9.17, 15) is 8.76 Å². The van der Waals surface area contributed by atoms with Crippen LogP contribution in [0.5, 0.6) is 5.88 Å². The van der Waals surface area contributed by atoms with Gasteiger partial charge >= 0.3 is 0 Å². The highest BCUT2D eigenvalue weighted by Gasteiger charge is 2.14. The van der Waals surface area contributed by atoms with Crippen molar-refractivity contribution in [2.45, 2.75) is 18.2 Å². The van der Waals surface area contributed by atoms with Crippen LogP contribution < -0.4 is 4.74 Å². The summed E-state index contributed by atoms with van der Waals surface area (Å²) in [6, 6.07) is 6.34. The molecular formula is C12H14N4O3S2. The lowest BCUT2D eigenvalue weighted by Crippen LogP contribution is -1.97. The molecule has 0 saturated heterocycles. The molecule has 1 unspecified atom stereocenters. The van der Waals surface area contributed by atoms with E-state index in [0.29, 0.717) is 5.69 Å². The molecule has 1 aromatic heterocycles. The van der Waals surface area contributed by atoms with Gasteiger partial charge in [-0.15, -0.1) is 13.1 Å². The molecule has 21 heavy (non-hydrogen) atoms. The number of rotatable bonds is 5. The summed E-state index contributed by atoms with van der Waals surface area (Å²) >= 11 is 0.864. The van der Waals surface area contributed by atoms with E-state index >= 15 is 0 Å². The zero-order valence-corrected chi connectivity index (χ0v) is 13.1. The molecule has 0 fully saturated rings. The van der Waals surface area contributed by atoms with Crippen molar-refractivity contribution in [1.82, 2.24) is 8.75 Å². The van der Waals surface area contributed by atoms with Gasteiger partial charge in [0.1, 0.15) is 0 Å². The average molecular weight is 326 g/mol. The predicted octanol–water partition coefficient (Wildman–Crippen LogP) is 3.29. The summed E-state index contributed by atoms with van der Waals surface area (Å²) in [5, 5.41) is 0. The van der Waals surface area contributed by atoms with Gasteiger partial charge in [-0.2, -0.15) is 0 Å². The van der Waals surface area contributed by atoms with Crippen LogP contribution in [-0.4, -0.2) is 30.8 Å². The number of aliphatic imine (C=N–C) groups is 1.